The molecule has 0 fully saturated rings. The maximum absolute atomic E-state index is 5.33. The number of benzene rings is 1. The van der Waals surface area contributed by atoms with E-state index < -0.39 is 0 Å². The summed E-state index contributed by atoms with van der Waals surface area (Å²) in [6.45, 7) is 0. The minimum atomic E-state index is 0.649. The first-order chi connectivity index (χ1) is 8.30. The molecule has 1 aromatic carbocycles. The summed E-state index contributed by atoms with van der Waals surface area (Å²) in [5.41, 5.74) is 0.779. The fourth-order valence-corrected chi connectivity index (χ4v) is 1.64. The van der Waals surface area contributed by atoms with Gasteiger partial charge in [0.15, 0.2) is 0 Å². The summed E-state index contributed by atoms with van der Waals surface area (Å²) in [7, 11) is 4.79. The number of nitrogens with zero attached hydrogens (tertiary/aromatic N) is 1. The summed E-state index contributed by atoms with van der Waals surface area (Å²) in [4.78, 5) is 7.23. The summed E-state index contributed by atoms with van der Waals surface area (Å²) < 4.78 is 15.8. The molecule has 2 aromatic rings. The van der Waals surface area contributed by atoms with Gasteiger partial charge in [-0.15, -0.1) is 0 Å². The van der Waals surface area contributed by atoms with E-state index in [2.05, 4.69) is 9.97 Å². The Hall–Kier alpha value is -2.17. The molecule has 0 unspecified atom stereocenters. The van der Waals surface area contributed by atoms with Crippen LogP contribution in [0.5, 0.6) is 17.2 Å². The van der Waals surface area contributed by atoms with Crippen LogP contribution in [0.1, 0.15) is 0 Å². The number of H-pyrrole nitrogens is 1. The monoisotopic (exact) mass is 234 g/mol. The Labute approximate surface area is 99.4 Å². The normalized spacial score (nSPS) is 10.1. The minimum Gasteiger partial charge on any atom is -0.496 e. The van der Waals surface area contributed by atoms with E-state index in [0.717, 1.165) is 5.56 Å². The van der Waals surface area contributed by atoms with Gasteiger partial charge in [0.05, 0.1) is 21.3 Å². The van der Waals surface area contributed by atoms with Crippen LogP contribution in [-0.2, 0) is 0 Å². The lowest BCUT2D eigenvalue weighted by molar-refractivity contribution is 0.377. The molecule has 5 heteroatoms. The summed E-state index contributed by atoms with van der Waals surface area (Å²) in [5, 5.41) is 0. The number of rotatable bonds is 4. The first kappa shape index (κ1) is 11.3. The molecule has 0 saturated heterocycles. The van der Waals surface area contributed by atoms with Crippen molar-refractivity contribution in [2.24, 2.45) is 0 Å². The van der Waals surface area contributed by atoms with Gasteiger partial charge in [-0.2, -0.15) is 0 Å². The maximum atomic E-state index is 5.33. The summed E-state index contributed by atoms with van der Waals surface area (Å²) in [6.07, 6.45) is 3.43. The molecule has 0 bridgehead atoms. The lowest BCUT2D eigenvalue weighted by atomic mass is 10.1. The molecule has 90 valence electrons. The molecule has 0 radical (unpaired) electrons. The number of ether oxygens (including phenoxy) is 3. The lowest BCUT2D eigenvalue weighted by Crippen LogP contribution is -1.96. The molecule has 1 N–H and O–H groups in total. The van der Waals surface area contributed by atoms with E-state index in [1.54, 1.807) is 45.9 Å². The molecule has 0 aliphatic heterocycles. The van der Waals surface area contributed by atoms with Crippen molar-refractivity contribution >= 4 is 0 Å². The largest absolute Gasteiger partial charge is 0.496 e. The first-order valence-electron chi connectivity index (χ1n) is 5.10. The van der Waals surface area contributed by atoms with Gasteiger partial charge in [-0.1, -0.05) is 0 Å². The van der Waals surface area contributed by atoms with E-state index in [0.29, 0.717) is 23.1 Å². The molecule has 0 amide bonds. The van der Waals surface area contributed by atoms with Gasteiger partial charge < -0.3 is 19.2 Å². The number of nitrogens with one attached hydrogen (secondary N) is 1. The number of aromatic amines is 1. The molecule has 0 aliphatic carbocycles. The van der Waals surface area contributed by atoms with Crippen molar-refractivity contribution in [3.05, 3.63) is 24.5 Å². The predicted octanol–water partition coefficient (Wildman–Crippen LogP) is 2.10. The number of hydrogen-bond donors (Lipinski definition) is 1. The second-order valence-electron chi connectivity index (χ2n) is 3.34. The van der Waals surface area contributed by atoms with Gasteiger partial charge in [-0.05, 0) is 0 Å². The number of aromatic nitrogens is 2. The van der Waals surface area contributed by atoms with E-state index in [4.69, 9.17) is 14.2 Å². The van der Waals surface area contributed by atoms with Crippen LogP contribution in [0.2, 0.25) is 0 Å². The molecule has 2 rings (SSSR count). The number of methoxy groups -OCH3 is 3. The van der Waals surface area contributed by atoms with Crippen molar-refractivity contribution in [3.8, 4) is 28.6 Å². The maximum Gasteiger partial charge on any atom is 0.144 e. The fraction of sp³-hybridized carbons (Fsp3) is 0.250. The van der Waals surface area contributed by atoms with E-state index in [1.807, 2.05) is 0 Å². The Morgan fingerprint density at radius 2 is 1.65 bits per heavy atom. The van der Waals surface area contributed by atoms with E-state index in [9.17, 15) is 0 Å². The molecular weight excluding hydrogens is 220 g/mol. The highest BCUT2D eigenvalue weighted by Gasteiger charge is 2.16. The van der Waals surface area contributed by atoms with Gasteiger partial charge >= 0.3 is 0 Å². The van der Waals surface area contributed by atoms with Crippen LogP contribution in [0.3, 0.4) is 0 Å². The SMILES string of the molecule is COc1cc(OC)c(-c2ncc[nH]2)c(OC)c1. The molecule has 0 aliphatic rings. The van der Waals surface area contributed by atoms with E-state index in [-0.39, 0.29) is 0 Å². The Kier molecular flexibility index (Phi) is 3.18. The predicted molar refractivity (Wildman–Crippen MR) is 63.7 cm³/mol. The number of imidazole rings is 1. The van der Waals surface area contributed by atoms with Gasteiger partial charge in [0, 0.05) is 24.5 Å². The van der Waals surface area contributed by atoms with Crippen molar-refractivity contribution in [2.75, 3.05) is 21.3 Å². The van der Waals surface area contributed by atoms with Crippen molar-refractivity contribution in [1.82, 2.24) is 9.97 Å². The highest BCUT2D eigenvalue weighted by Crippen LogP contribution is 2.39. The third-order valence-electron chi connectivity index (χ3n) is 2.45. The molecule has 0 saturated carbocycles. The van der Waals surface area contributed by atoms with Crippen LogP contribution in [-0.4, -0.2) is 31.3 Å². The third-order valence-corrected chi connectivity index (χ3v) is 2.45. The van der Waals surface area contributed by atoms with Crippen LogP contribution in [0.25, 0.3) is 11.4 Å². The zero-order chi connectivity index (χ0) is 12.3. The molecule has 17 heavy (non-hydrogen) atoms. The molecule has 0 atom stereocenters. The summed E-state index contributed by atoms with van der Waals surface area (Å²) in [6, 6.07) is 3.58. The highest BCUT2D eigenvalue weighted by atomic mass is 16.5. The van der Waals surface area contributed by atoms with Crippen molar-refractivity contribution < 1.29 is 14.2 Å². The summed E-state index contributed by atoms with van der Waals surface area (Å²) >= 11 is 0. The Balaban J connectivity index is 2.63. The number of hydrogen-bond acceptors (Lipinski definition) is 4. The average Bonchev–Trinajstić information content (AvgIpc) is 2.90. The molecular formula is C12H14N2O3. The lowest BCUT2D eigenvalue weighted by Gasteiger charge is -2.13. The topological polar surface area (TPSA) is 56.4 Å². The van der Waals surface area contributed by atoms with Crippen LogP contribution < -0.4 is 14.2 Å². The zero-order valence-electron chi connectivity index (χ0n) is 9.98. The van der Waals surface area contributed by atoms with E-state index >= 15 is 0 Å². The van der Waals surface area contributed by atoms with E-state index in [1.165, 1.54) is 0 Å². The second-order valence-corrected chi connectivity index (χ2v) is 3.34. The molecule has 1 heterocycles. The van der Waals surface area contributed by atoms with Crippen LogP contribution in [0.15, 0.2) is 24.5 Å². The standard InChI is InChI=1S/C12H14N2O3/c1-15-8-6-9(16-2)11(10(7-8)17-3)12-13-4-5-14-12/h4-7H,1-3H3,(H,13,14). The zero-order valence-corrected chi connectivity index (χ0v) is 9.98. The quantitative estimate of drug-likeness (QED) is 0.880. The Bertz CT molecular complexity index is 469. The third kappa shape index (κ3) is 2.04. The minimum absolute atomic E-state index is 0.649. The first-order valence-corrected chi connectivity index (χ1v) is 5.10. The smallest absolute Gasteiger partial charge is 0.144 e. The average molecular weight is 234 g/mol. The summed E-state index contributed by atoms with van der Waals surface area (Å²) in [5.74, 6) is 2.67. The van der Waals surface area contributed by atoms with Crippen LogP contribution in [0, 0.1) is 0 Å². The van der Waals surface area contributed by atoms with Crippen molar-refractivity contribution in [2.45, 2.75) is 0 Å². The Morgan fingerprint density at radius 3 is 2.06 bits per heavy atom. The van der Waals surface area contributed by atoms with Crippen LogP contribution in [0.4, 0.5) is 0 Å². The van der Waals surface area contributed by atoms with Gasteiger partial charge in [-0.25, -0.2) is 4.98 Å². The fourth-order valence-electron chi connectivity index (χ4n) is 1.64. The van der Waals surface area contributed by atoms with Crippen molar-refractivity contribution in [1.29, 1.82) is 0 Å². The van der Waals surface area contributed by atoms with Gasteiger partial charge in [-0.3, -0.25) is 0 Å². The van der Waals surface area contributed by atoms with Crippen molar-refractivity contribution in [3.63, 3.8) is 0 Å². The van der Waals surface area contributed by atoms with Gasteiger partial charge in [0.2, 0.25) is 0 Å². The second kappa shape index (κ2) is 4.78. The van der Waals surface area contributed by atoms with Crippen LogP contribution >= 0.6 is 0 Å². The molecule has 0 spiro atoms. The highest BCUT2D eigenvalue weighted by molar-refractivity contribution is 5.73. The van der Waals surface area contributed by atoms with Gasteiger partial charge in [0.25, 0.3) is 0 Å². The van der Waals surface area contributed by atoms with Gasteiger partial charge in [0.1, 0.15) is 28.6 Å². The molecule has 5 nitrogen and oxygen atoms in total. The molecule has 1 aromatic heterocycles. The Morgan fingerprint density at radius 1 is 1.00 bits per heavy atom.